The average Bonchev–Trinajstić information content (AvgIpc) is 2.44. The molecule has 1 aromatic heterocycles. The van der Waals surface area contributed by atoms with Crippen LogP contribution in [0.5, 0.6) is 0 Å². The maximum atomic E-state index is 4.25. The van der Waals surface area contributed by atoms with Crippen molar-refractivity contribution in [3.8, 4) is 0 Å². The Hall–Kier alpha value is -0.480. The van der Waals surface area contributed by atoms with E-state index in [1.165, 1.54) is 0 Å². The fraction of sp³-hybridized carbons (Fsp3) is 0.700. The molecule has 1 N–H and O–H groups in total. The van der Waals surface area contributed by atoms with Crippen LogP contribution in [-0.4, -0.2) is 27.4 Å². The maximum absolute atomic E-state index is 4.25. The van der Waals surface area contributed by atoms with Crippen LogP contribution in [0.4, 0.5) is 0 Å². The highest BCUT2D eigenvalue weighted by molar-refractivity contribution is 7.99. The van der Waals surface area contributed by atoms with Crippen LogP contribution in [0.2, 0.25) is 0 Å². The topological polar surface area (TPSA) is 29.9 Å². The largest absolute Gasteiger partial charge is 0.329 e. The predicted molar refractivity (Wildman–Crippen MR) is 61.7 cm³/mol. The van der Waals surface area contributed by atoms with Gasteiger partial charge in [0.1, 0.15) is 0 Å². The summed E-state index contributed by atoms with van der Waals surface area (Å²) in [4.78, 5) is 4.25. The van der Waals surface area contributed by atoms with Gasteiger partial charge in [-0.25, -0.2) is 4.98 Å². The van der Waals surface area contributed by atoms with E-state index >= 15 is 0 Å². The summed E-state index contributed by atoms with van der Waals surface area (Å²) in [5.74, 6) is 1.06. The van der Waals surface area contributed by atoms with Crippen molar-refractivity contribution in [2.75, 3.05) is 12.3 Å². The van der Waals surface area contributed by atoms with Crippen molar-refractivity contribution in [1.82, 2.24) is 14.9 Å². The average molecular weight is 213 g/mol. The van der Waals surface area contributed by atoms with Crippen LogP contribution in [0.15, 0.2) is 17.6 Å². The molecule has 1 aromatic rings. The number of imidazole rings is 1. The highest BCUT2D eigenvalue weighted by Gasteiger charge is 2.07. The monoisotopic (exact) mass is 213 g/mol. The Morgan fingerprint density at radius 3 is 2.71 bits per heavy atom. The lowest BCUT2D eigenvalue weighted by Gasteiger charge is -2.20. The molecule has 1 heterocycles. The molecular formula is C10H19N3S. The van der Waals surface area contributed by atoms with Crippen molar-refractivity contribution in [3.63, 3.8) is 0 Å². The SMILES string of the molecule is Cn1ccnc1SCCNC(C)(C)C. The number of thioether (sulfide) groups is 1. The minimum atomic E-state index is 0.211. The van der Waals surface area contributed by atoms with Gasteiger partial charge in [0.2, 0.25) is 0 Å². The van der Waals surface area contributed by atoms with Gasteiger partial charge in [0.15, 0.2) is 5.16 Å². The summed E-state index contributed by atoms with van der Waals surface area (Å²) in [5.41, 5.74) is 0.211. The first-order chi connectivity index (χ1) is 6.49. The van der Waals surface area contributed by atoms with E-state index in [1.807, 2.05) is 24.0 Å². The molecule has 0 amide bonds. The second-order valence-corrected chi connectivity index (χ2v) is 5.41. The van der Waals surface area contributed by atoms with Gasteiger partial charge in [-0.1, -0.05) is 11.8 Å². The van der Waals surface area contributed by atoms with Gasteiger partial charge in [-0.05, 0) is 20.8 Å². The van der Waals surface area contributed by atoms with Crippen molar-refractivity contribution in [2.24, 2.45) is 7.05 Å². The van der Waals surface area contributed by atoms with Crippen LogP contribution in [0.3, 0.4) is 0 Å². The van der Waals surface area contributed by atoms with E-state index < -0.39 is 0 Å². The zero-order valence-electron chi connectivity index (χ0n) is 9.37. The summed E-state index contributed by atoms with van der Waals surface area (Å²) < 4.78 is 2.04. The quantitative estimate of drug-likeness (QED) is 0.612. The van der Waals surface area contributed by atoms with Crippen LogP contribution in [0.25, 0.3) is 0 Å². The minimum Gasteiger partial charge on any atom is -0.329 e. The van der Waals surface area contributed by atoms with Gasteiger partial charge in [0.05, 0.1) is 0 Å². The van der Waals surface area contributed by atoms with Crippen LogP contribution in [-0.2, 0) is 7.05 Å². The fourth-order valence-corrected chi connectivity index (χ4v) is 1.85. The van der Waals surface area contributed by atoms with Crippen LogP contribution in [0.1, 0.15) is 20.8 Å². The van der Waals surface area contributed by atoms with Crippen molar-refractivity contribution in [1.29, 1.82) is 0 Å². The standard InChI is InChI=1S/C10H19N3S/c1-10(2,3)12-6-8-14-9-11-5-7-13(9)4/h5,7,12H,6,8H2,1-4H3. The molecular weight excluding hydrogens is 194 g/mol. The van der Waals surface area contributed by atoms with Gasteiger partial charge >= 0.3 is 0 Å². The summed E-state index contributed by atoms with van der Waals surface area (Å²) in [6.45, 7) is 7.55. The van der Waals surface area contributed by atoms with Gasteiger partial charge in [0.25, 0.3) is 0 Å². The first kappa shape index (κ1) is 11.6. The summed E-state index contributed by atoms with van der Waals surface area (Å²) in [6.07, 6.45) is 3.80. The highest BCUT2D eigenvalue weighted by atomic mass is 32.2. The van der Waals surface area contributed by atoms with Gasteiger partial charge in [-0.15, -0.1) is 0 Å². The Kier molecular flexibility index (Phi) is 4.01. The van der Waals surface area contributed by atoms with Crippen LogP contribution >= 0.6 is 11.8 Å². The molecule has 0 aliphatic rings. The van der Waals surface area contributed by atoms with E-state index in [1.54, 1.807) is 11.8 Å². The summed E-state index contributed by atoms with van der Waals surface area (Å²) in [7, 11) is 2.02. The third kappa shape index (κ3) is 4.15. The number of hydrogen-bond acceptors (Lipinski definition) is 3. The van der Waals surface area contributed by atoms with E-state index in [-0.39, 0.29) is 5.54 Å². The molecule has 14 heavy (non-hydrogen) atoms. The lowest BCUT2D eigenvalue weighted by molar-refractivity contribution is 0.441. The third-order valence-electron chi connectivity index (χ3n) is 1.77. The van der Waals surface area contributed by atoms with Crippen LogP contribution in [0, 0.1) is 0 Å². The molecule has 3 nitrogen and oxygen atoms in total. The van der Waals surface area contributed by atoms with Crippen LogP contribution < -0.4 is 5.32 Å². The van der Waals surface area contributed by atoms with Gasteiger partial charge in [-0.2, -0.15) is 0 Å². The molecule has 0 saturated carbocycles. The fourth-order valence-electron chi connectivity index (χ4n) is 1.06. The molecule has 1 rings (SSSR count). The second kappa shape index (κ2) is 4.84. The van der Waals surface area contributed by atoms with E-state index in [0.717, 1.165) is 17.5 Å². The van der Waals surface area contributed by atoms with E-state index in [4.69, 9.17) is 0 Å². The first-order valence-electron chi connectivity index (χ1n) is 4.84. The Morgan fingerprint density at radius 2 is 2.21 bits per heavy atom. The first-order valence-corrected chi connectivity index (χ1v) is 5.83. The second-order valence-electron chi connectivity index (χ2n) is 4.35. The van der Waals surface area contributed by atoms with Gasteiger partial charge in [-0.3, -0.25) is 0 Å². The highest BCUT2D eigenvalue weighted by Crippen LogP contribution is 2.13. The molecule has 80 valence electrons. The Bertz CT molecular complexity index is 275. The number of aromatic nitrogens is 2. The lowest BCUT2D eigenvalue weighted by Crippen LogP contribution is -2.37. The third-order valence-corrected chi connectivity index (χ3v) is 2.83. The molecule has 0 saturated heterocycles. The molecule has 0 aromatic carbocycles. The molecule has 0 aliphatic carbocycles. The Morgan fingerprint density at radius 1 is 1.50 bits per heavy atom. The molecule has 0 aliphatic heterocycles. The zero-order chi connectivity index (χ0) is 10.6. The van der Waals surface area contributed by atoms with E-state index in [0.29, 0.717) is 0 Å². The number of hydrogen-bond donors (Lipinski definition) is 1. The van der Waals surface area contributed by atoms with Crippen molar-refractivity contribution >= 4 is 11.8 Å². The summed E-state index contributed by atoms with van der Waals surface area (Å²) in [6, 6.07) is 0. The molecule has 0 spiro atoms. The zero-order valence-corrected chi connectivity index (χ0v) is 10.2. The molecule has 0 fully saturated rings. The number of aryl methyl sites for hydroxylation is 1. The molecule has 0 unspecified atom stereocenters. The van der Waals surface area contributed by atoms with Gasteiger partial charge < -0.3 is 9.88 Å². The van der Waals surface area contributed by atoms with E-state index in [9.17, 15) is 0 Å². The minimum absolute atomic E-state index is 0.211. The summed E-state index contributed by atoms with van der Waals surface area (Å²) >= 11 is 1.78. The lowest BCUT2D eigenvalue weighted by atomic mass is 10.1. The van der Waals surface area contributed by atoms with Crippen molar-refractivity contribution in [3.05, 3.63) is 12.4 Å². The number of nitrogens with one attached hydrogen (secondary N) is 1. The maximum Gasteiger partial charge on any atom is 0.167 e. The van der Waals surface area contributed by atoms with E-state index in [2.05, 4.69) is 31.1 Å². The molecule has 4 heteroatoms. The Labute approximate surface area is 90.3 Å². The van der Waals surface area contributed by atoms with Crippen molar-refractivity contribution in [2.45, 2.75) is 31.5 Å². The molecule has 0 bridgehead atoms. The predicted octanol–water partition coefficient (Wildman–Crippen LogP) is 1.90. The summed E-state index contributed by atoms with van der Waals surface area (Å²) in [5, 5.41) is 4.53. The molecule has 0 atom stereocenters. The number of rotatable bonds is 4. The van der Waals surface area contributed by atoms with Gasteiger partial charge in [0, 0.05) is 37.3 Å². The smallest absolute Gasteiger partial charge is 0.167 e. The Balaban J connectivity index is 2.20. The van der Waals surface area contributed by atoms with Crippen molar-refractivity contribution < 1.29 is 0 Å². The number of nitrogens with zero attached hydrogens (tertiary/aromatic N) is 2. The normalized spacial score (nSPS) is 12.0. The molecule has 0 radical (unpaired) electrons.